The van der Waals surface area contributed by atoms with Crippen LogP contribution in [0.25, 0.3) is 5.69 Å². The minimum atomic E-state index is -0.327. The molecule has 0 fully saturated rings. The van der Waals surface area contributed by atoms with Gasteiger partial charge in [0.15, 0.2) is 22.5 Å². The molecule has 240 valence electrons. The summed E-state index contributed by atoms with van der Waals surface area (Å²) in [7, 11) is 3.05. The van der Waals surface area contributed by atoms with Crippen LogP contribution >= 0.6 is 34.7 Å². The molecule has 0 aliphatic carbocycles. The molecule has 0 saturated heterocycles. The Morgan fingerprint density at radius 2 is 1.81 bits per heavy atom. The van der Waals surface area contributed by atoms with Crippen LogP contribution in [0.5, 0.6) is 11.5 Å². The van der Waals surface area contributed by atoms with E-state index >= 15 is 0 Å². The summed E-state index contributed by atoms with van der Waals surface area (Å²) < 4.78 is 12.4. The average molecular weight is 687 g/mol. The highest BCUT2D eigenvalue weighted by molar-refractivity contribution is 7.99. The lowest BCUT2D eigenvalue weighted by atomic mass is 10.00. The van der Waals surface area contributed by atoms with Gasteiger partial charge >= 0.3 is 0 Å². The summed E-state index contributed by atoms with van der Waals surface area (Å²) in [5, 5.41) is 21.1. The molecule has 0 unspecified atom stereocenters. The molecule has 0 radical (unpaired) electrons. The van der Waals surface area contributed by atoms with E-state index in [2.05, 4.69) is 39.8 Å². The number of aryl methyl sites for hydroxylation is 1. The van der Waals surface area contributed by atoms with E-state index in [1.165, 1.54) is 26.0 Å². The summed E-state index contributed by atoms with van der Waals surface area (Å²) in [6.07, 6.45) is 0.628. The van der Waals surface area contributed by atoms with Crippen LogP contribution in [0.2, 0.25) is 5.02 Å². The number of methoxy groups -OCH3 is 2. The van der Waals surface area contributed by atoms with Crippen molar-refractivity contribution in [3.05, 3.63) is 117 Å². The lowest BCUT2D eigenvalue weighted by Crippen LogP contribution is -2.28. The minimum Gasteiger partial charge on any atom is -0.493 e. The molecule has 5 aromatic rings. The number of carbonyl (C=O) groups excluding carboxylic acids is 2. The van der Waals surface area contributed by atoms with Gasteiger partial charge in [-0.3, -0.25) is 14.2 Å². The van der Waals surface area contributed by atoms with Crippen molar-refractivity contribution in [3.63, 3.8) is 0 Å². The van der Waals surface area contributed by atoms with Gasteiger partial charge in [0, 0.05) is 17.0 Å². The highest BCUT2D eigenvalue weighted by Crippen LogP contribution is 2.35. The molecule has 6 rings (SSSR count). The summed E-state index contributed by atoms with van der Waals surface area (Å²) in [6, 6.07) is 24.2. The van der Waals surface area contributed by atoms with Gasteiger partial charge in [-0.05, 0) is 60.3 Å². The molecular weight excluding hydrogens is 656 g/mol. The first-order valence-electron chi connectivity index (χ1n) is 14.7. The Balaban J connectivity index is 1.23. The number of hydrogen-bond acceptors (Lipinski definition) is 9. The van der Waals surface area contributed by atoms with E-state index < -0.39 is 0 Å². The summed E-state index contributed by atoms with van der Waals surface area (Å²) in [4.78, 5) is 27.9. The number of amides is 2. The predicted octanol–water partition coefficient (Wildman–Crippen LogP) is 6.71. The summed E-state index contributed by atoms with van der Waals surface area (Å²) >= 11 is 9.21. The van der Waals surface area contributed by atoms with E-state index in [0.29, 0.717) is 45.2 Å². The van der Waals surface area contributed by atoms with Gasteiger partial charge in [-0.15, -0.1) is 21.5 Å². The predicted molar refractivity (Wildman–Crippen MR) is 184 cm³/mol. The molecule has 0 bridgehead atoms. The Bertz CT molecular complexity index is 1930. The number of nitrogens with one attached hydrogen (secondary N) is 1. The highest BCUT2D eigenvalue weighted by Gasteiger charge is 2.33. The van der Waals surface area contributed by atoms with Crippen molar-refractivity contribution >= 4 is 52.2 Å². The van der Waals surface area contributed by atoms with E-state index in [1.54, 1.807) is 51.2 Å². The van der Waals surface area contributed by atoms with E-state index in [0.717, 1.165) is 21.7 Å². The fourth-order valence-corrected chi connectivity index (χ4v) is 6.92. The molecule has 3 heterocycles. The van der Waals surface area contributed by atoms with Gasteiger partial charge < -0.3 is 14.8 Å². The summed E-state index contributed by atoms with van der Waals surface area (Å²) in [5.74, 6) is 1.02. The van der Waals surface area contributed by atoms with Gasteiger partial charge in [0.2, 0.25) is 0 Å². The minimum absolute atomic E-state index is 0.0668. The van der Waals surface area contributed by atoms with Crippen molar-refractivity contribution in [2.24, 2.45) is 5.10 Å². The van der Waals surface area contributed by atoms with E-state index in [1.807, 2.05) is 36.6 Å². The molecule has 3 aromatic carbocycles. The first-order valence-corrected chi connectivity index (χ1v) is 16.9. The molecule has 47 heavy (non-hydrogen) atoms. The third-order valence-electron chi connectivity index (χ3n) is 7.58. The van der Waals surface area contributed by atoms with Crippen LogP contribution in [0.3, 0.4) is 0 Å². The number of halogens is 1. The zero-order valence-electron chi connectivity index (χ0n) is 25.8. The fourth-order valence-electron chi connectivity index (χ4n) is 5.19. The van der Waals surface area contributed by atoms with Gasteiger partial charge in [0.05, 0.1) is 48.8 Å². The van der Waals surface area contributed by atoms with Crippen molar-refractivity contribution in [3.8, 4) is 17.2 Å². The van der Waals surface area contributed by atoms with Gasteiger partial charge in [-0.25, -0.2) is 5.01 Å². The zero-order chi connectivity index (χ0) is 32.9. The fraction of sp³-hybridized carbons (Fsp3) is 0.206. The number of ether oxygens (including phenoxy) is 2. The lowest BCUT2D eigenvalue weighted by molar-refractivity contribution is -0.130. The maximum Gasteiger partial charge on any atom is 0.253 e. The molecule has 1 aliphatic rings. The Kier molecular flexibility index (Phi) is 9.90. The van der Waals surface area contributed by atoms with Crippen molar-refractivity contribution in [1.29, 1.82) is 0 Å². The van der Waals surface area contributed by atoms with Crippen LogP contribution < -0.4 is 14.8 Å². The summed E-state index contributed by atoms with van der Waals surface area (Å²) in [6.45, 7) is 2.11. The third-order valence-corrected chi connectivity index (χ3v) is 9.65. The number of aromatic nitrogens is 3. The lowest BCUT2D eigenvalue weighted by Gasteiger charge is -2.22. The van der Waals surface area contributed by atoms with Gasteiger partial charge in [0.25, 0.3) is 11.8 Å². The Morgan fingerprint density at radius 1 is 1.00 bits per heavy atom. The van der Waals surface area contributed by atoms with Crippen molar-refractivity contribution < 1.29 is 19.1 Å². The second kappa shape index (κ2) is 14.4. The normalized spacial score (nSPS) is 14.2. The van der Waals surface area contributed by atoms with Crippen LogP contribution in [-0.4, -0.2) is 57.3 Å². The van der Waals surface area contributed by atoms with Crippen LogP contribution in [-0.2, 0) is 11.3 Å². The molecule has 13 heteroatoms. The standard InChI is InChI=1S/C34H31ClN6O4S2/c1-21-9-11-22(12-10-21)27-18-26(30-8-5-15-46-30)39-41(27)32(42)20-47-34-38-37-31(40(34)25-7-4-6-24(35)17-25)19-36-33(43)23-13-14-28(44-2)29(16-23)45-3/h4-17,27H,18-20H2,1-3H3,(H,36,43)/t27-/m0/s1. The molecule has 1 N–H and O–H groups in total. The quantitative estimate of drug-likeness (QED) is 0.154. The van der Waals surface area contributed by atoms with Crippen molar-refractivity contribution in [1.82, 2.24) is 25.1 Å². The zero-order valence-corrected chi connectivity index (χ0v) is 28.2. The van der Waals surface area contributed by atoms with Crippen LogP contribution in [0, 0.1) is 6.92 Å². The monoisotopic (exact) mass is 686 g/mol. The number of benzene rings is 3. The molecule has 0 spiro atoms. The molecule has 2 amide bonds. The van der Waals surface area contributed by atoms with Crippen LogP contribution in [0.1, 0.15) is 44.6 Å². The van der Waals surface area contributed by atoms with Gasteiger partial charge in [-0.1, -0.05) is 65.3 Å². The molecule has 0 saturated carbocycles. The second-order valence-electron chi connectivity index (χ2n) is 10.6. The molecule has 1 aliphatic heterocycles. The second-order valence-corrected chi connectivity index (χ2v) is 13.0. The van der Waals surface area contributed by atoms with E-state index in [9.17, 15) is 9.59 Å². The molecular formula is C34H31ClN6O4S2. The average Bonchev–Trinajstić information content (AvgIpc) is 3.86. The third kappa shape index (κ3) is 7.19. The molecule has 10 nitrogen and oxygen atoms in total. The Hall–Kier alpha value is -4.65. The number of carbonyl (C=O) groups is 2. The number of rotatable bonds is 11. The largest absolute Gasteiger partial charge is 0.493 e. The Labute approximate surface area is 285 Å². The van der Waals surface area contributed by atoms with Crippen LogP contribution in [0.4, 0.5) is 0 Å². The van der Waals surface area contributed by atoms with Crippen molar-refractivity contribution in [2.45, 2.75) is 31.1 Å². The smallest absolute Gasteiger partial charge is 0.253 e. The first-order chi connectivity index (χ1) is 22.8. The number of hydrogen-bond donors (Lipinski definition) is 1. The maximum absolute atomic E-state index is 13.8. The van der Waals surface area contributed by atoms with Gasteiger partial charge in [0.1, 0.15) is 0 Å². The number of thiophene rings is 1. The number of thioether (sulfide) groups is 1. The SMILES string of the molecule is COc1ccc(C(=O)NCc2nnc(SCC(=O)N3N=C(c4cccs4)C[C@H]3c3ccc(C)cc3)n2-c2cccc(Cl)c2)cc1OC. The van der Waals surface area contributed by atoms with Gasteiger partial charge in [-0.2, -0.15) is 5.10 Å². The Morgan fingerprint density at radius 3 is 2.53 bits per heavy atom. The van der Waals surface area contributed by atoms with E-state index in [4.69, 9.17) is 26.2 Å². The molecule has 1 atom stereocenters. The van der Waals surface area contributed by atoms with E-state index in [-0.39, 0.29) is 30.2 Å². The van der Waals surface area contributed by atoms with Crippen molar-refractivity contribution in [2.75, 3.05) is 20.0 Å². The highest BCUT2D eigenvalue weighted by atomic mass is 35.5. The van der Waals surface area contributed by atoms with Crippen LogP contribution in [0.15, 0.2) is 94.5 Å². The number of nitrogens with zero attached hydrogens (tertiary/aromatic N) is 5. The summed E-state index contributed by atoms with van der Waals surface area (Å²) in [5.41, 5.74) is 4.16. The first kappa shape index (κ1) is 32.3. The molecule has 2 aromatic heterocycles. The maximum atomic E-state index is 13.8. The topological polar surface area (TPSA) is 111 Å². The number of hydrazone groups is 1.